The van der Waals surface area contributed by atoms with Gasteiger partial charge in [0.15, 0.2) is 0 Å². The number of nitrogens with one attached hydrogen (secondary N) is 1. The molecule has 1 heterocycles. The van der Waals surface area contributed by atoms with Crippen molar-refractivity contribution in [1.29, 1.82) is 5.26 Å². The maximum Gasteiger partial charge on any atom is 0.237 e. The van der Waals surface area contributed by atoms with Gasteiger partial charge in [0.1, 0.15) is 5.92 Å². The van der Waals surface area contributed by atoms with E-state index in [4.69, 9.17) is 10.00 Å². The lowest BCUT2D eigenvalue weighted by molar-refractivity contribution is -0.125. The second-order valence-electron chi connectivity index (χ2n) is 3.92. The van der Waals surface area contributed by atoms with Gasteiger partial charge in [0.05, 0.1) is 18.7 Å². The average Bonchev–Trinajstić information content (AvgIpc) is 2.57. The number of nitriles is 1. The van der Waals surface area contributed by atoms with Crippen molar-refractivity contribution in [3.05, 3.63) is 0 Å². The third-order valence-electron chi connectivity index (χ3n) is 2.36. The fraction of sp³-hybridized carbons (Fsp3) is 0.800. The number of carbonyl (C=O) groups excluding carboxylic acids is 1. The van der Waals surface area contributed by atoms with Crippen molar-refractivity contribution in [3.8, 4) is 6.07 Å². The van der Waals surface area contributed by atoms with Crippen molar-refractivity contribution in [2.75, 3.05) is 13.2 Å². The molecule has 14 heavy (non-hydrogen) atoms. The van der Waals surface area contributed by atoms with Crippen LogP contribution in [0.15, 0.2) is 0 Å². The summed E-state index contributed by atoms with van der Waals surface area (Å²) in [5, 5.41) is 11.6. The average molecular weight is 196 g/mol. The third kappa shape index (κ3) is 2.71. The summed E-state index contributed by atoms with van der Waals surface area (Å²) in [7, 11) is 0. The van der Waals surface area contributed by atoms with Crippen LogP contribution in [-0.2, 0) is 9.53 Å². The Kier molecular flexibility index (Phi) is 3.90. The second kappa shape index (κ2) is 4.97. The lowest BCUT2D eigenvalue weighted by Gasteiger charge is -2.16. The number of rotatable bonds is 3. The van der Waals surface area contributed by atoms with E-state index in [1.165, 1.54) is 0 Å². The van der Waals surface area contributed by atoms with Crippen molar-refractivity contribution >= 4 is 5.91 Å². The third-order valence-corrected chi connectivity index (χ3v) is 2.36. The van der Waals surface area contributed by atoms with Crippen LogP contribution >= 0.6 is 0 Å². The standard InChI is InChI=1S/C10H16N2O2/c1-7(2)9(5-11)10(13)12-8-3-4-14-6-8/h7-9H,3-4,6H2,1-2H3,(H,12,13). The van der Waals surface area contributed by atoms with Gasteiger partial charge in [-0.2, -0.15) is 5.26 Å². The summed E-state index contributed by atoms with van der Waals surface area (Å²) in [6.07, 6.45) is 0.849. The van der Waals surface area contributed by atoms with Crippen LogP contribution in [-0.4, -0.2) is 25.2 Å². The zero-order valence-electron chi connectivity index (χ0n) is 8.62. The van der Waals surface area contributed by atoms with Crippen LogP contribution in [0.4, 0.5) is 0 Å². The Labute approximate surface area is 84.2 Å². The van der Waals surface area contributed by atoms with E-state index in [1.54, 1.807) is 0 Å². The molecular formula is C10H16N2O2. The molecular weight excluding hydrogens is 180 g/mol. The first-order valence-electron chi connectivity index (χ1n) is 4.93. The summed E-state index contributed by atoms with van der Waals surface area (Å²) < 4.78 is 5.13. The van der Waals surface area contributed by atoms with E-state index in [2.05, 4.69) is 5.32 Å². The number of amides is 1. The first-order chi connectivity index (χ1) is 6.65. The molecule has 0 aromatic heterocycles. The van der Waals surface area contributed by atoms with Gasteiger partial charge in [-0.15, -0.1) is 0 Å². The molecule has 4 heteroatoms. The molecule has 0 radical (unpaired) electrons. The normalized spacial score (nSPS) is 23.1. The SMILES string of the molecule is CC(C)C(C#N)C(=O)NC1CCOC1. The van der Waals surface area contributed by atoms with Gasteiger partial charge in [-0.25, -0.2) is 0 Å². The molecule has 0 aromatic rings. The second-order valence-corrected chi connectivity index (χ2v) is 3.92. The van der Waals surface area contributed by atoms with E-state index in [9.17, 15) is 4.79 Å². The minimum atomic E-state index is -0.546. The van der Waals surface area contributed by atoms with Gasteiger partial charge in [-0.05, 0) is 12.3 Å². The van der Waals surface area contributed by atoms with Crippen molar-refractivity contribution in [2.24, 2.45) is 11.8 Å². The summed E-state index contributed by atoms with van der Waals surface area (Å²) in [5.41, 5.74) is 0. The van der Waals surface area contributed by atoms with Gasteiger partial charge in [0, 0.05) is 6.61 Å². The number of ether oxygens (including phenoxy) is 1. The summed E-state index contributed by atoms with van der Waals surface area (Å²) in [4.78, 5) is 11.6. The van der Waals surface area contributed by atoms with Crippen LogP contribution < -0.4 is 5.32 Å². The molecule has 78 valence electrons. The smallest absolute Gasteiger partial charge is 0.237 e. The molecule has 1 aliphatic heterocycles. The van der Waals surface area contributed by atoms with Gasteiger partial charge in [-0.1, -0.05) is 13.8 Å². The molecule has 0 spiro atoms. The molecule has 1 rings (SSSR count). The number of hydrogen-bond donors (Lipinski definition) is 1. The van der Waals surface area contributed by atoms with Crippen LogP contribution in [0.25, 0.3) is 0 Å². The Balaban J connectivity index is 2.43. The molecule has 1 fully saturated rings. The Bertz CT molecular complexity index is 239. The van der Waals surface area contributed by atoms with Gasteiger partial charge in [-0.3, -0.25) is 4.79 Å². The highest BCUT2D eigenvalue weighted by molar-refractivity contribution is 5.81. The first kappa shape index (κ1) is 11.0. The molecule has 0 bridgehead atoms. The predicted octanol–water partition coefficient (Wildman–Crippen LogP) is 0.687. The van der Waals surface area contributed by atoms with Crippen LogP contribution in [0.1, 0.15) is 20.3 Å². The van der Waals surface area contributed by atoms with E-state index >= 15 is 0 Å². The Morgan fingerprint density at radius 1 is 1.64 bits per heavy atom. The topological polar surface area (TPSA) is 62.1 Å². The van der Waals surface area contributed by atoms with Crippen LogP contribution in [0.5, 0.6) is 0 Å². The summed E-state index contributed by atoms with van der Waals surface area (Å²) in [6.45, 7) is 5.02. The minimum absolute atomic E-state index is 0.0577. The molecule has 1 aliphatic rings. The Morgan fingerprint density at radius 2 is 2.36 bits per heavy atom. The molecule has 2 atom stereocenters. The van der Waals surface area contributed by atoms with Gasteiger partial charge >= 0.3 is 0 Å². The van der Waals surface area contributed by atoms with Gasteiger partial charge in [0.2, 0.25) is 5.91 Å². The van der Waals surface area contributed by atoms with Crippen molar-refractivity contribution in [1.82, 2.24) is 5.32 Å². The maximum absolute atomic E-state index is 11.6. The highest BCUT2D eigenvalue weighted by Crippen LogP contribution is 2.11. The largest absolute Gasteiger partial charge is 0.379 e. The fourth-order valence-corrected chi connectivity index (χ4v) is 1.45. The predicted molar refractivity (Wildman–Crippen MR) is 51.3 cm³/mol. The summed E-state index contributed by atoms with van der Waals surface area (Å²) in [5.74, 6) is -0.657. The Morgan fingerprint density at radius 3 is 2.79 bits per heavy atom. The van der Waals surface area contributed by atoms with E-state index in [-0.39, 0.29) is 17.9 Å². The van der Waals surface area contributed by atoms with E-state index < -0.39 is 5.92 Å². The lowest BCUT2D eigenvalue weighted by Crippen LogP contribution is -2.40. The highest BCUT2D eigenvalue weighted by Gasteiger charge is 2.25. The molecule has 0 saturated carbocycles. The van der Waals surface area contributed by atoms with Crippen LogP contribution in [0.2, 0.25) is 0 Å². The van der Waals surface area contributed by atoms with Crippen molar-refractivity contribution in [3.63, 3.8) is 0 Å². The molecule has 2 unspecified atom stereocenters. The number of carbonyl (C=O) groups is 1. The number of hydrogen-bond acceptors (Lipinski definition) is 3. The quantitative estimate of drug-likeness (QED) is 0.722. The van der Waals surface area contributed by atoms with Crippen LogP contribution in [0.3, 0.4) is 0 Å². The van der Waals surface area contributed by atoms with Crippen LogP contribution in [0, 0.1) is 23.2 Å². The molecule has 0 aromatic carbocycles. The highest BCUT2D eigenvalue weighted by atomic mass is 16.5. The first-order valence-corrected chi connectivity index (χ1v) is 4.93. The lowest BCUT2D eigenvalue weighted by atomic mass is 9.96. The molecule has 4 nitrogen and oxygen atoms in total. The van der Waals surface area contributed by atoms with E-state index in [0.717, 1.165) is 6.42 Å². The fourth-order valence-electron chi connectivity index (χ4n) is 1.45. The molecule has 1 N–H and O–H groups in total. The molecule has 1 saturated heterocycles. The summed E-state index contributed by atoms with van der Waals surface area (Å²) >= 11 is 0. The van der Waals surface area contributed by atoms with Gasteiger partial charge in [0.25, 0.3) is 0 Å². The van der Waals surface area contributed by atoms with Crippen molar-refractivity contribution < 1.29 is 9.53 Å². The monoisotopic (exact) mass is 196 g/mol. The van der Waals surface area contributed by atoms with Crippen molar-refractivity contribution in [2.45, 2.75) is 26.3 Å². The summed E-state index contributed by atoms with van der Waals surface area (Å²) in [6, 6.07) is 2.12. The zero-order valence-corrected chi connectivity index (χ0v) is 8.62. The molecule has 1 amide bonds. The number of nitrogens with zero attached hydrogens (tertiary/aromatic N) is 1. The van der Waals surface area contributed by atoms with E-state index in [1.807, 2.05) is 19.9 Å². The minimum Gasteiger partial charge on any atom is -0.379 e. The maximum atomic E-state index is 11.6. The zero-order chi connectivity index (χ0) is 10.6. The van der Waals surface area contributed by atoms with E-state index in [0.29, 0.717) is 13.2 Å². The van der Waals surface area contributed by atoms with Gasteiger partial charge < -0.3 is 10.1 Å². The molecule has 0 aliphatic carbocycles. The Hall–Kier alpha value is -1.08.